The van der Waals surface area contributed by atoms with Crippen molar-refractivity contribution in [1.29, 1.82) is 0 Å². The van der Waals surface area contributed by atoms with Gasteiger partial charge in [0.1, 0.15) is 0 Å². The van der Waals surface area contributed by atoms with Gasteiger partial charge in [-0.05, 0) is 26.0 Å². The van der Waals surface area contributed by atoms with Gasteiger partial charge in [0.05, 0.1) is 11.4 Å². The summed E-state index contributed by atoms with van der Waals surface area (Å²) in [4.78, 5) is 31.3. The number of amides is 2. The van der Waals surface area contributed by atoms with E-state index in [1.807, 2.05) is 12.1 Å². The number of carbonyl (C=O) groups excluding carboxylic acids is 2. The second kappa shape index (κ2) is 5.63. The smallest absolute Gasteiger partial charge is 0.242 e. The molecule has 1 rings (SSSR count). The molecule has 4 nitrogen and oxygen atoms in total. The lowest BCUT2D eigenvalue weighted by Crippen LogP contribution is -1.96. The summed E-state index contributed by atoms with van der Waals surface area (Å²) >= 11 is 1.47. The molecule has 0 aliphatic heterocycles. The molecule has 1 aromatic rings. The first kappa shape index (κ1) is 13.4. The minimum atomic E-state index is -0.216. The summed E-state index contributed by atoms with van der Waals surface area (Å²) in [5, 5.41) is 0. The standard InChI is InChI=1S/C12H14N2O2S/c1-7(13-9(3)15)11-5-6-12(17-11)8(2)14-10(4)16/h5-6H,1-4H3. The highest BCUT2D eigenvalue weighted by Crippen LogP contribution is 2.18. The minimum Gasteiger partial charge on any atom is -0.273 e. The van der Waals surface area contributed by atoms with Crippen LogP contribution in [0.5, 0.6) is 0 Å². The third-order valence-electron chi connectivity index (χ3n) is 1.97. The van der Waals surface area contributed by atoms with Crippen molar-refractivity contribution in [2.75, 3.05) is 0 Å². The summed E-state index contributed by atoms with van der Waals surface area (Å²) in [7, 11) is 0. The molecule has 2 amide bonds. The molecule has 0 N–H and O–H groups in total. The molecule has 1 heterocycles. The third-order valence-corrected chi connectivity index (χ3v) is 3.27. The van der Waals surface area contributed by atoms with E-state index in [1.54, 1.807) is 13.8 Å². The molecule has 0 aliphatic rings. The molecule has 0 fully saturated rings. The van der Waals surface area contributed by atoms with Crippen molar-refractivity contribution >= 4 is 34.6 Å². The first-order valence-electron chi connectivity index (χ1n) is 5.12. The van der Waals surface area contributed by atoms with Gasteiger partial charge in [-0.25, -0.2) is 9.98 Å². The van der Waals surface area contributed by atoms with Crippen LogP contribution in [0, 0.1) is 0 Å². The van der Waals surface area contributed by atoms with Crippen LogP contribution in [0.2, 0.25) is 0 Å². The van der Waals surface area contributed by atoms with E-state index in [4.69, 9.17) is 0 Å². The Bertz CT molecular complexity index is 468. The maximum atomic E-state index is 10.9. The average Bonchev–Trinajstić information content (AvgIpc) is 2.63. The van der Waals surface area contributed by atoms with Crippen LogP contribution in [0.3, 0.4) is 0 Å². The maximum Gasteiger partial charge on any atom is 0.242 e. The zero-order chi connectivity index (χ0) is 13.0. The Morgan fingerprint density at radius 2 is 1.24 bits per heavy atom. The highest BCUT2D eigenvalue weighted by Gasteiger charge is 2.06. The predicted octanol–water partition coefficient (Wildman–Crippen LogP) is 2.46. The van der Waals surface area contributed by atoms with Gasteiger partial charge in [0.2, 0.25) is 11.8 Å². The maximum absolute atomic E-state index is 10.9. The summed E-state index contributed by atoms with van der Waals surface area (Å²) in [6.07, 6.45) is 0. The largest absolute Gasteiger partial charge is 0.273 e. The number of hydrogen-bond donors (Lipinski definition) is 0. The van der Waals surface area contributed by atoms with Crippen LogP contribution in [-0.2, 0) is 9.59 Å². The van der Waals surface area contributed by atoms with Crippen LogP contribution in [0.15, 0.2) is 22.1 Å². The fourth-order valence-electron chi connectivity index (χ4n) is 1.31. The fourth-order valence-corrected chi connectivity index (χ4v) is 2.21. The lowest BCUT2D eigenvalue weighted by Gasteiger charge is -1.94. The lowest BCUT2D eigenvalue weighted by molar-refractivity contribution is -0.116. The van der Waals surface area contributed by atoms with Crippen molar-refractivity contribution in [3.8, 4) is 0 Å². The molecule has 1 aromatic heterocycles. The first-order chi connectivity index (χ1) is 7.90. The Balaban J connectivity index is 3.00. The number of thiophene rings is 1. The topological polar surface area (TPSA) is 58.9 Å². The highest BCUT2D eigenvalue weighted by atomic mass is 32.1. The van der Waals surface area contributed by atoms with Gasteiger partial charge in [-0.2, -0.15) is 0 Å². The Hall–Kier alpha value is -1.62. The van der Waals surface area contributed by atoms with Gasteiger partial charge in [-0.3, -0.25) is 9.59 Å². The molecule has 90 valence electrons. The zero-order valence-electron chi connectivity index (χ0n) is 10.3. The summed E-state index contributed by atoms with van der Waals surface area (Å²) < 4.78 is 0. The monoisotopic (exact) mass is 250 g/mol. The molecule has 0 aliphatic carbocycles. The van der Waals surface area contributed by atoms with Crippen molar-refractivity contribution < 1.29 is 9.59 Å². The summed E-state index contributed by atoms with van der Waals surface area (Å²) in [6.45, 7) is 6.41. The van der Waals surface area contributed by atoms with Crippen molar-refractivity contribution in [3.63, 3.8) is 0 Å². The van der Waals surface area contributed by atoms with Gasteiger partial charge < -0.3 is 0 Å². The molecule has 5 heteroatoms. The summed E-state index contributed by atoms with van der Waals surface area (Å²) in [5.41, 5.74) is 1.37. The van der Waals surface area contributed by atoms with Crippen molar-refractivity contribution in [1.82, 2.24) is 0 Å². The number of carbonyl (C=O) groups is 2. The molecule has 0 radical (unpaired) electrons. The Labute approximate surface area is 104 Å². The Morgan fingerprint density at radius 3 is 1.53 bits per heavy atom. The molecule has 0 unspecified atom stereocenters. The zero-order valence-corrected chi connectivity index (χ0v) is 11.1. The van der Waals surface area contributed by atoms with Gasteiger partial charge in [0.25, 0.3) is 0 Å². The summed E-state index contributed by atoms with van der Waals surface area (Å²) in [6, 6.07) is 3.75. The molecule has 0 aromatic carbocycles. The van der Waals surface area contributed by atoms with Crippen LogP contribution >= 0.6 is 11.3 Å². The second-order valence-corrected chi connectivity index (χ2v) is 4.68. The van der Waals surface area contributed by atoms with E-state index < -0.39 is 0 Å². The van der Waals surface area contributed by atoms with Crippen LogP contribution in [-0.4, -0.2) is 23.2 Å². The van der Waals surface area contributed by atoms with Crippen LogP contribution in [0.1, 0.15) is 37.4 Å². The van der Waals surface area contributed by atoms with E-state index in [0.717, 1.165) is 9.75 Å². The van der Waals surface area contributed by atoms with E-state index in [9.17, 15) is 9.59 Å². The molecule has 0 bridgehead atoms. The number of aliphatic imine (C=N–C) groups is 2. The average molecular weight is 250 g/mol. The minimum absolute atomic E-state index is 0.216. The van der Waals surface area contributed by atoms with Crippen molar-refractivity contribution in [2.24, 2.45) is 9.98 Å². The molecule has 0 saturated heterocycles. The molecule has 0 atom stereocenters. The van der Waals surface area contributed by atoms with Crippen LogP contribution in [0.25, 0.3) is 0 Å². The van der Waals surface area contributed by atoms with E-state index in [0.29, 0.717) is 11.4 Å². The van der Waals surface area contributed by atoms with Crippen molar-refractivity contribution in [2.45, 2.75) is 27.7 Å². The third kappa shape index (κ3) is 4.03. The fraction of sp³-hybridized carbons (Fsp3) is 0.333. The molecular formula is C12H14N2O2S. The van der Waals surface area contributed by atoms with Gasteiger partial charge in [-0.15, -0.1) is 11.3 Å². The lowest BCUT2D eigenvalue weighted by atomic mass is 10.3. The van der Waals surface area contributed by atoms with Gasteiger partial charge in [0, 0.05) is 23.6 Å². The molecular weight excluding hydrogens is 236 g/mol. The van der Waals surface area contributed by atoms with Gasteiger partial charge >= 0.3 is 0 Å². The predicted molar refractivity (Wildman–Crippen MR) is 70.1 cm³/mol. The quantitative estimate of drug-likeness (QED) is 0.757. The van der Waals surface area contributed by atoms with Gasteiger partial charge in [-0.1, -0.05) is 0 Å². The Morgan fingerprint density at radius 1 is 0.882 bits per heavy atom. The normalized spacial score (nSPS) is 12.7. The van der Waals surface area contributed by atoms with Gasteiger partial charge in [0.15, 0.2) is 0 Å². The molecule has 0 spiro atoms. The number of nitrogens with zero attached hydrogens (tertiary/aromatic N) is 2. The number of rotatable bonds is 2. The van der Waals surface area contributed by atoms with E-state index >= 15 is 0 Å². The van der Waals surface area contributed by atoms with E-state index in [-0.39, 0.29) is 11.8 Å². The van der Waals surface area contributed by atoms with E-state index in [2.05, 4.69) is 9.98 Å². The van der Waals surface area contributed by atoms with Crippen LogP contribution < -0.4 is 0 Å². The SMILES string of the molecule is CC(=O)N=C(C)c1ccc(C(C)=NC(C)=O)s1. The first-order valence-corrected chi connectivity index (χ1v) is 5.94. The second-order valence-electron chi connectivity index (χ2n) is 3.60. The summed E-state index contributed by atoms with van der Waals surface area (Å²) in [5.74, 6) is -0.432. The number of hydrogen-bond acceptors (Lipinski definition) is 3. The van der Waals surface area contributed by atoms with E-state index in [1.165, 1.54) is 25.2 Å². The van der Waals surface area contributed by atoms with Crippen LogP contribution in [0.4, 0.5) is 0 Å². The highest BCUT2D eigenvalue weighted by molar-refractivity contribution is 7.16. The molecule has 17 heavy (non-hydrogen) atoms. The molecule has 0 saturated carbocycles. The van der Waals surface area contributed by atoms with Crippen molar-refractivity contribution in [3.05, 3.63) is 21.9 Å². The Kier molecular flexibility index (Phi) is 4.45.